The Balaban J connectivity index is 1.64. The number of aromatic carboxylic acids is 1. The van der Waals surface area contributed by atoms with E-state index in [4.69, 9.17) is 4.42 Å². The Morgan fingerprint density at radius 2 is 2.04 bits per heavy atom. The Morgan fingerprint density at radius 3 is 2.84 bits per heavy atom. The highest BCUT2D eigenvalue weighted by molar-refractivity contribution is 5.93. The summed E-state index contributed by atoms with van der Waals surface area (Å²) < 4.78 is 7.40. The average Bonchev–Trinajstić information content (AvgIpc) is 3.28. The molecule has 1 N–H and O–H groups in total. The highest BCUT2D eigenvalue weighted by Crippen LogP contribution is 2.34. The van der Waals surface area contributed by atoms with Gasteiger partial charge in [-0.1, -0.05) is 0 Å². The molecule has 2 aliphatic rings. The molecule has 0 aliphatic carbocycles. The normalized spacial score (nSPS) is 20.3. The highest BCUT2D eigenvalue weighted by atomic mass is 16.4. The van der Waals surface area contributed by atoms with Gasteiger partial charge >= 0.3 is 5.97 Å². The van der Waals surface area contributed by atoms with Gasteiger partial charge in [0.15, 0.2) is 17.8 Å². The summed E-state index contributed by atoms with van der Waals surface area (Å²) in [6.45, 7) is 1.45. The third-order valence-electron chi connectivity index (χ3n) is 4.99. The van der Waals surface area contributed by atoms with Crippen LogP contribution in [0.4, 0.5) is 0 Å². The second-order valence-corrected chi connectivity index (χ2v) is 6.57. The van der Waals surface area contributed by atoms with E-state index in [-0.39, 0.29) is 17.4 Å². The summed E-state index contributed by atoms with van der Waals surface area (Å²) >= 11 is 0. The number of hydrogen-bond acceptors (Lipinski definition) is 5. The largest absolute Gasteiger partial charge is 0.476 e. The van der Waals surface area contributed by atoms with Crippen LogP contribution in [0.1, 0.15) is 70.7 Å². The van der Waals surface area contributed by atoms with Crippen LogP contribution in [0, 0.1) is 0 Å². The highest BCUT2D eigenvalue weighted by Gasteiger charge is 2.35. The van der Waals surface area contributed by atoms with Crippen molar-refractivity contribution in [2.45, 2.75) is 51.1 Å². The molecule has 2 aromatic heterocycles. The first-order valence-corrected chi connectivity index (χ1v) is 8.69. The van der Waals surface area contributed by atoms with E-state index in [2.05, 4.69) is 9.97 Å². The van der Waals surface area contributed by atoms with E-state index in [9.17, 15) is 14.7 Å². The molecule has 25 heavy (non-hydrogen) atoms. The number of amides is 1. The standard InChI is InChI=1S/C17H20N4O4/c22-16(11-9-20-7-3-2-6-13(20)19-11)21-8-4-1-5-12(21)15-14(17(23)24)18-10-25-15/h9-10,12H,1-8H2,(H,23,24). The SMILES string of the molecule is O=C(O)c1ncoc1C1CCCCN1C(=O)c1cn2c(n1)CCCC2. The lowest BCUT2D eigenvalue weighted by Gasteiger charge is -2.34. The van der Waals surface area contributed by atoms with E-state index in [1.54, 1.807) is 4.90 Å². The number of carbonyl (C=O) groups excluding carboxylic acids is 1. The lowest BCUT2D eigenvalue weighted by atomic mass is 9.98. The fraction of sp³-hybridized carbons (Fsp3) is 0.529. The minimum Gasteiger partial charge on any atom is -0.476 e. The van der Waals surface area contributed by atoms with Crippen molar-refractivity contribution in [1.82, 2.24) is 19.4 Å². The summed E-state index contributed by atoms with van der Waals surface area (Å²) in [6.07, 6.45) is 8.49. The molecule has 1 amide bonds. The molecule has 0 radical (unpaired) electrons. The molecule has 4 rings (SSSR count). The number of carboxylic acid groups (broad SMARTS) is 1. The number of hydrogen-bond donors (Lipinski definition) is 1. The van der Waals surface area contributed by atoms with Gasteiger partial charge in [-0.15, -0.1) is 0 Å². The van der Waals surface area contributed by atoms with Gasteiger partial charge in [-0.2, -0.15) is 0 Å². The lowest BCUT2D eigenvalue weighted by molar-refractivity contribution is 0.0557. The first-order valence-electron chi connectivity index (χ1n) is 8.69. The molecule has 4 heterocycles. The van der Waals surface area contributed by atoms with Crippen molar-refractivity contribution < 1.29 is 19.1 Å². The molecule has 1 unspecified atom stereocenters. The van der Waals surface area contributed by atoms with E-state index >= 15 is 0 Å². The molecule has 0 spiro atoms. The summed E-state index contributed by atoms with van der Waals surface area (Å²) in [5.74, 6) is -0.0999. The topological polar surface area (TPSA) is 101 Å². The number of aryl methyl sites for hydroxylation is 2. The maximum Gasteiger partial charge on any atom is 0.358 e. The van der Waals surface area contributed by atoms with Crippen LogP contribution in [0.25, 0.3) is 0 Å². The quantitative estimate of drug-likeness (QED) is 0.916. The van der Waals surface area contributed by atoms with Crippen molar-refractivity contribution >= 4 is 11.9 Å². The predicted octanol–water partition coefficient (Wildman–Crippen LogP) is 2.27. The van der Waals surface area contributed by atoms with Gasteiger partial charge in [0.2, 0.25) is 0 Å². The molecular formula is C17H20N4O4. The molecule has 0 aromatic carbocycles. The van der Waals surface area contributed by atoms with Crippen LogP contribution in [-0.4, -0.2) is 43.0 Å². The molecule has 1 fully saturated rings. The van der Waals surface area contributed by atoms with Gasteiger partial charge in [0.1, 0.15) is 11.5 Å². The van der Waals surface area contributed by atoms with E-state index in [0.29, 0.717) is 18.7 Å². The van der Waals surface area contributed by atoms with Crippen molar-refractivity contribution in [2.24, 2.45) is 0 Å². The van der Waals surface area contributed by atoms with Crippen molar-refractivity contribution in [3.8, 4) is 0 Å². The minimum absolute atomic E-state index is 0.117. The molecule has 2 aliphatic heterocycles. The molecule has 8 heteroatoms. The van der Waals surface area contributed by atoms with Crippen molar-refractivity contribution in [1.29, 1.82) is 0 Å². The molecule has 0 bridgehead atoms. The second kappa shape index (κ2) is 6.34. The van der Waals surface area contributed by atoms with Crippen molar-refractivity contribution in [3.05, 3.63) is 35.6 Å². The molecule has 132 valence electrons. The number of carboxylic acids is 1. The van der Waals surface area contributed by atoms with Gasteiger partial charge < -0.3 is 19.0 Å². The molecule has 1 saturated heterocycles. The van der Waals surface area contributed by atoms with Gasteiger partial charge in [0, 0.05) is 25.7 Å². The molecule has 1 atom stereocenters. The van der Waals surface area contributed by atoms with Crippen LogP contribution in [0.3, 0.4) is 0 Å². The predicted molar refractivity (Wildman–Crippen MR) is 86.3 cm³/mol. The number of nitrogens with zero attached hydrogens (tertiary/aromatic N) is 4. The summed E-state index contributed by atoms with van der Waals surface area (Å²) in [4.78, 5) is 34.4. The van der Waals surface area contributed by atoms with Gasteiger partial charge in [0.05, 0.1) is 6.04 Å². The van der Waals surface area contributed by atoms with E-state index < -0.39 is 12.0 Å². The molecule has 0 saturated carbocycles. The Kier molecular flexibility index (Phi) is 4.03. The molecular weight excluding hydrogens is 324 g/mol. The Labute approximate surface area is 144 Å². The monoisotopic (exact) mass is 344 g/mol. The fourth-order valence-electron chi connectivity index (χ4n) is 3.76. The second-order valence-electron chi connectivity index (χ2n) is 6.57. The number of carbonyl (C=O) groups is 2. The first kappa shape index (κ1) is 15.9. The number of fused-ring (bicyclic) bond motifs is 1. The average molecular weight is 344 g/mol. The molecule has 8 nitrogen and oxygen atoms in total. The third kappa shape index (κ3) is 2.81. The summed E-state index contributed by atoms with van der Waals surface area (Å²) in [6, 6.07) is -0.409. The molecule has 2 aromatic rings. The number of likely N-dealkylation sites (tertiary alicyclic amines) is 1. The number of piperidine rings is 1. The fourth-order valence-corrected chi connectivity index (χ4v) is 3.76. The van der Waals surface area contributed by atoms with Crippen LogP contribution < -0.4 is 0 Å². The van der Waals surface area contributed by atoms with Gasteiger partial charge in [-0.25, -0.2) is 14.8 Å². The third-order valence-corrected chi connectivity index (χ3v) is 4.99. The number of imidazole rings is 1. The Hall–Kier alpha value is -2.64. The minimum atomic E-state index is -1.14. The summed E-state index contributed by atoms with van der Waals surface area (Å²) in [5.41, 5.74) is 0.314. The Morgan fingerprint density at radius 1 is 1.20 bits per heavy atom. The Bertz CT molecular complexity index is 786. The zero-order chi connectivity index (χ0) is 17.4. The maximum atomic E-state index is 13.0. The van der Waals surface area contributed by atoms with Crippen LogP contribution in [0.15, 0.2) is 17.0 Å². The number of oxazole rings is 1. The summed E-state index contributed by atoms with van der Waals surface area (Å²) in [5, 5.41) is 9.30. The smallest absolute Gasteiger partial charge is 0.358 e. The number of aromatic nitrogens is 3. The zero-order valence-corrected chi connectivity index (χ0v) is 13.8. The van der Waals surface area contributed by atoms with Crippen LogP contribution in [-0.2, 0) is 13.0 Å². The summed E-state index contributed by atoms with van der Waals surface area (Å²) in [7, 11) is 0. The van der Waals surface area contributed by atoms with Gasteiger partial charge in [0.25, 0.3) is 5.91 Å². The van der Waals surface area contributed by atoms with Crippen LogP contribution in [0.5, 0.6) is 0 Å². The van der Waals surface area contributed by atoms with E-state index in [1.807, 2.05) is 10.8 Å². The zero-order valence-electron chi connectivity index (χ0n) is 13.8. The lowest BCUT2D eigenvalue weighted by Crippen LogP contribution is -2.39. The van der Waals surface area contributed by atoms with Gasteiger partial charge in [-0.3, -0.25) is 4.79 Å². The van der Waals surface area contributed by atoms with E-state index in [0.717, 1.165) is 50.9 Å². The first-order chi connectivity index (χ1) is 12.1. The van der Waals surface area contributed by atoms with Crippen molar-refractivity contribution in [3.63, 3.8) is 0 Å². The van der Waals surface area contributed by atoms with Crippen LogP contribution in [0.2, 0.25) is 0 Å². The van der Waals surface area contributed by atoms with E-state index in [1.165, 1.54) is 0 Å². The van der Waals surface area contributed by atoms with Crippen LogP contribution >= 0.6 is 0 Å². The van der Waals surface area contributed by atoms with Crippen molar-refractivity contribution in [2.75, 3.05) is 6.54 Å². The maximum absolute atomic E-state index is 13.0. The number of rotatable bonds is 3. The van der Waals surface area contributed by atoms with Gasteiger partial charge in [-0.05, 0) is 32.1 Å².